The summed E-state index contributed by atoms with van der Waals surface area (Å²) in [5, 5.41) is 20.1. The van der Waals surface area contributed by atoms with Gasteiger partial charge in [-0.3, -0.25) is 9.89 Å². The third-order valence-corrected chi connectivity index (χ3v) is 6.38. The van der Waals surface area contributed by atoms with Crippen LogP contribution in [-0.2, 0) is 4.74 Å². The normalized spacial score (nSPS) is 15.5. The Kier molecular flexibility index (Phi) is 5.26. The van der Waals surface area contributed by atoms with Crippen molar-refractivity contribution in [3.63, 3.8) is 0 Å². The van der Waals surface area contributed by atoms with Crippen LogP contribution < -0.4 is 10.2 Å². The van der Waals surface area contributed by atoms with Gasteiger partial charge >= 0.3 is 0 Å². The first kappa shape index (κ1) is 19.9. The minimum Gasteiger partial charge on any atom is -0.394 e. The number of aromatic nitrogens is 4. The fraction of sp³-hybridized carbons (Fsp3) is 0.333. The molecule has 31 heavy (non-hydrogen) atoms. The minimum absolute atomic E-state index is 0.117. The molecule has 1 fully saturated rings. The standard InChI is InChI=1S/C21H22N6O3S/c1-12(11-28)23-21(29)17-9-16-18(31-17)20(27-5-7-30-8-6-27)25-19(24-16)13-3-2-4-15-14(13)10-22-26-15/h2-4,9-10,12,28H,5-8,11H2,1H3,(H,22,26)(H,23,29). The van der Waals surface area contributed by atoms with Gasteiger partial charge in [-0.2, -0.15) is 5.10 Å². The number of anilines is 1. The summed E-state index contributed by atoms with van der Waals surface area (Å²) in [6, 6.07) is 7.36. The molecule has 1 aliphatic heterocycles. The largest absolute Gasteiger partial charge is 0.394 e. The number of H-pyrrole nitrogens is 1. The molecule has 0 spiro atoms. The lowest BCUT2D eigenvalue weighted by molar-refractivity contribution is 0.0926. The van der Waals surface area contributed by atoms with Crippen molar-refractivity contribution in [3.8, 4) is 11.4 Å². The number of aromatic amines is 1. The molecule has 160 valence electrons. The number of carbonyl (C=O) groups is 1. The van der Waals surface area contributed by atoms with Crippen LogP contribution in [0.5, 0.6) is 0 Å². The number of carbonyl (C=O) groups excluding carboxylic acids is 1. The highest BCUT2D eigenvalue weighted by molar-refractivity contribution is 7.21. The van der Waals surface area contributed by atoms with E-state index in [0.29, 0.717) is 23.9 Å². The van der Waals surface area contributed by atoms with Gasteiger partial charge in [-0.25, -0.2) is 9.97 Å². The monoisotopic (exact) mass is 438 g/mol. The number of benzene rings is 1. The maximum atomic E-state index is 12.7. The number of morpholine rings is 1. The Morgan fingerprint density at radius 1 is 1.35 bits per heavy atom. The van der Waals surface area contributed by atoms with Gasteiger partial charge in [0.15, 0.2) is 11.6 Å². The van der Waals surface area contributed by atoms with E-state index in [2.05, 4.69) is 20.4 Å². The second-order valence-electron chi connectivity index (χ2n) is 7.49. The van der Waals surface area contributed by atoms with Crippen molar-refractivity contribution in [2.75, 3.05) is 37.8 Å². The number of aliphatic hydroxyl groups is 1. The highest BCUT2D eigenvalue weighted by Gasteiger charge is 2.22. The number of ether oxygens (including phenoxy) is 1. The maximum absolute atomic E-state index is 12.7. The first-order valence-corrected chi connectivity index (χ1v) is 10.9. The van der Waals surface area contributed by atoms with E-state index in [1.165, 1.54) is 11.3 Å². The molecule has 1 atom stereocenters. The molecule has 10 heteroatoms. The van der Waals surface area contributed by atoms with Crippen molar-refractivity contribution in [2.45, 2.75) is 13.0 Å². The van der Waals surface area contributed by atoms with E-state index >= 15 is 0 Å². The SMILES string of the molecule is CC(CO)NC(=O)c1cc2nc(-c3cccc4[nH]ncc34)nc(N3CCOCC3)c2s1. The number of fused-ring (bicyclic) bond motifs is 2. The zero-order chi connectivity index (χ0) is 21.4. The average Bonchev–Trinajstić information content (AvgIpc) is 3.45. The van der Waals surface area contributed by atoms with Gasteiger partial charge in [0, 0.05) is 30.1 Å². The lowest BCUT2D eigenvalue weighted by Gasteiger charge is -2.28. The lowest BCUT2D eigenvalue weighted by Crippen LogP contribution is -2.36. The third-order valence-electron chi connectivity index (χ3n) is 5.27. The summed E-state index contributed by atoms with van der Waals surface area (Å²) in [6.45, 7) is 4.35. The molecule has 1 saturated heterocycles. The van der Waals surface area contributed by atoms with Crippen molar-refractivity contribution in [3.05, 3.63) is 35.3 Å². The predicted octanol–water partition coefficient (Wildman–Crippen LogP) is 2.18. The molecule has 4 aromatic rings. The quantitative estimate of drug-likeness (QED) is 0.437. The molecular formula is C21H22N6O3S. The van der Waals surface area contributed by atoms with Gasteiger partial charge in [0.2, 0.25) is 0 Å². The van der Waals surface area contributed by atoms with Gasteiger partial charge in [0.1, 0.15) is 0 Å². The van der Waals surface area contributed by atoms with Crippen molar-refractivity contribution in [1.82, 2.24) is 25.5 Å². The summed E-state index contributed by atoms with van der Waals surface area (Å²) >= 11 is 1.37. The molecular weight excluding hydrogens is 416 g/mol. The Morgan fingerprint density at radius 2 is 2.19 bits per heavy atom. The molecule has 1 aliphatic rings. The number of hydrogen-bond acceptors (Lipinski definition) is 8. The lowest BCUT2D eigenvalue weighted by atomic mass is 10.1. The Hall–Kier alpha value is -3.08. The molecule has 0 radical (unpaired) electrons. The van der Waals surface area contributed by atoms with E-state index in [0.717, 1.165) is 45.6 Å². The molecule has 5 rings (SSSR count). The van der Waals surface area contributed by atoms with Gasteiger partial charge in [-0.1, -0.05) is 12.1 Å². The van der Waals surface area contributed by atoms with Crippen LogP contribution in [0.15, 0.2) is 30.5 Å². The zero-order valence-electron chi connectivity index (χ0n) is 17.0. The molecule has 1 aromatic carbocycles. The van der Waals surface area contributed by atoms with E-state index in [-0.39, 0.29) is 18.6 Å². The Bertz CT molecular complexity index is 1250. The fourth-order valence-electron chi connectivity index (χ4n) is 3.64. The second-order valence-corrected chi connectivity index (χ2v) is 8.54. The van der Waals surface area contributed by atoms with Crippen molar-refractivity contribution in [2.24, 2.45) is 0 Å². The van der Waals surface area contributed by atoms with E-state index in [9.17, 15) is 9.90 Å². The summed E-state index contributed by atoms with van der Waals surface area (Å²) in [4.78, 5) is 25.1. The number of aliphatic hydroxyl groups excluding tert-OH is 1. The smallest absolute Gasteiger partial charge is 0.261 e. The van der Waals surface area contributed by atoms with Crippen LogP contribution >= 0.6 is 11.3 Å². The van der Waals surface area contributed by atoms with E-state index in [1.807, 2.05) is 18.2 Å². The highest BCUT2D eigenvalue weighted by Crippen LogP contribution is 2.35. The van der Waals surface area contributed by atoms with E-state index in [1.54, 1.807) is 19.2 Å². The predicted molar refractivity (Wildman–Crippen MR) is 120 cm³/mol. The average molecular weight is 439 g/mol. The molecule has 1 amide bonds. The fourth-order valence-corrected chi connectivity index (χ4v) is 4.66. The second kappa shape index (κ2) is 8.22. The van der Waals surface area contributed by atoms with Crippen LogP contribution in [-0.4, -0.2) is 70.1 Å². The van der Waals surface area contributed by atoms with Crippen molar-refractivity contribution in [1.29, 1.82) is 0 Å². The van der Waals surface area contributed by atoms with Crippen LogP contribution in [0.1, 0.15) is 16.6 Å². The van der Waals surface area contributed by atoms with Gasteiger partial charge in [-0.15, -0.1) is 11.3 Å². The van der Waals surface area contributed by atoms with Crippen molar-refractivity contribution < 1.29 is 14.6 Å². The Morgan fingerprint density at radius 3 is 3.00 bits per heavy atom. The molecule has 4 heterocycles. The van der Waals surface area contributed by atoms with Gasteiger partial charge in [0.25, 0.3) is 5.91 Å². The summed E-state index contributed by atoms with van der Waals surface area (Å²) in [5.41, 5.74) is 2.52. The minimum atomic E-state index is -0.322. The van der Waals surface area contributed by atoms with Crippen LogP contribution in [0.3, 0.4) is 0 Å². The molecule has 9 nitrogen and oxygen atoms in total. The number of nitrogens with one attached hydrogen (secondary N) is 2. The number of amides is 1. The molecule has 0 aliphatic carbocycles. The summed E-state index contributed by atoms with van der Waals surface area (Å²) in [6.07, 6.45) is 1.77. The van der Waals surface area contributed by atoms with Crippen LogP contribution in [0.2, 0.25) is 0 Å². The van der Waals surface area contributed by atoms with E-state index < -0.39 is 0 Å². The summed E-state index contributed by atoms with van der Waals surface area (Å²) in [5.74, 6) is 1.17. The van der Waals surface area contributed by atoms with Crippen molar-refractivity contribution >= 4 is 44.2 Å². The third kappa shape index (κ3) is 3.73. The molecule has 0 saturated carbocycles. The van der Waals surface area contributed by atoms with Gasteiger partial charge in [-0.05, 0) is 19.1 Å². The van der Waals surface area contributed by atoms with Crippen LogP contribution in [0.25, 0.3) is 32.5 Å². The van der Waals surface area contributed by atoms with Crippen LogP contribution in [0.4, 0.5) is 5.82 Å². The molecule has 3 N–H and O–H groups in total. The Balaban J connectivity index is 1.65. The maximum Gasteiger partial charge on any atom is 0.261 e. The summed E-state index contributed by atoms with van der Waals surface area (Å²) < 4.78 is 6.38. The summed E-state index contributed by atoms with van der Waals surface area (Å²) in [7, 11) is 0. The molecule has 1 unspecified atom stereocenters. The molecule has 0 bridgehead atoms. The van der Waals surface area contributed by atoms with Crippen LogP contribution in [0, 0.1) is 0 Å². The number of nitrogens with zero attached hydrogens (tertiary/aromatic N) is 4. The number of hydrogen-bond donors (Lipinski definition) is 3. The zero-order valence-corrected chi connectivity index (χ0v) is 17.8. The van der Waals surface area contributed by atoms with Gasteiger partial charge < -0.3 is 20.1 Å². The van der Waals surface area contributed by atoms with E-state index in [4.69, 9.17) is 14.7 Å². The Labute approximate surface area is 182 Å². The molecule has 3 aromatic heterocycles. The first-order valence-electron chi connectivity index (χ1n) is 10.1. The number of thiophene rings is 1. The highest BCUT2D eigenvalue weighted by atomic mass is 32.1. The number of rotatable bonds is 5. The first-order chi connectivity index (χ1) is 15.1. The van der Waals surface area contributed by atoms with Gasteiger partial charge in [0.05, 0.1) is 46.6 Å². The topological polar surface area (TPSA) is 116 Å².